The molecule has 3 aliphatic rings. The summed E-state index contributed by atoms with van der Waals surface area (Å²) in [5.74, 6) is 1.37. The molecule has 2 fully saturated rings. The second-order valence-corrected chi connectivity index (χ2v) is 10.1. The number of aromatic nitrogens is 3. The standard InChI is InChI=1S/C29H26N6O2/c30-12-19-1-3-21(4-2-19)22-11-27-29-31-7-8-34(29)26-6-5-25(10-23(26)16-33(27)15-22)35-14-20(9-28(35)36)13-32-24-17-37-18-24/h1-8,10-11,15,20,24,32H,9,13-14,16-18H2/t20-/m1/s1. The lowest BCUT2D eigenvalue weighted by Gasteiger charge is -2.28. The highest BCUT2D eigenvalue weighted by atomic mass is 16.5. The van der Waals surface area contributed by atoms with Gasteiger partial charge in [-0.1, -0.05) is 12.1 Å². The first-order valence-electron chi connectivity index (χ1n) is 12.7. The van der Waals surface area contributed by atoms with Crippen LogP contribution in [0.4, 0.5) is 5.69 Å². The van der Waals surface area contributed by atoms with Gasteiger partial charge in [-0.05, 0) is 53.4 Å². The Morgan fingerprint density at radius 3 is 2.76 bits per heavy atom. The number of nitriles is 1. The number of anilines is 1. The highest BCUT2D eigenvalue weighted by Crippen LogP contribution is 2.36. The maximum atomic E-state index is 12.9. The van der Waals surface area contributed by atoms with Gasteiger partial charge in [0.25, 0.3) is 0 Å². The summed E-state index contributed by atoms with van der Waals surface area (Å²) in [5.41, 5.74) is 6.98. The van der Waals surface area contributed by atoms with Crippen molar-refractivity contribution in [3.63, 3.8) is 0 Å². The van der Waals surface area contributed by atoms with Crippen molar-refractivity contribution in [1.82, 2.24) is 19.4 Å². The molecule has 1 N–H and O–H groups in total. The third kappa shape index (κ3) is 3.84. The lowest BCUT2D eigenvalue weighted by molar-refractivity contribution is -0.117. The van der Waals surface area contributed by atoms with E-state index in [1.165, 1.54) is 0 Å². The summed E-state index contributed by atoms with van der Waals surface area (Å²) >= 11 is 0. The van der Waals surface area contributed by atoms with E-state index in [1.54, 1.807) is 0 Å². The smallest absolute Gasteiger partial charge is 0.227 e. The van der Waals surface area contributed by atoms with E-state index in [-0.39, 0.29) is 5.91 Å². The van der Waals surface area contributed by atoms with Gasteiger partial charge in [-0.25, -0.2) is 4.98 Å². The molecule has 1 amide bonds. The van der Waals surface area contributed by atoms with Crippen molar-refractivity contribution in [3.8, 4) is 34.4 Å². The molecule has 37 heavy (non-hydrogen) atoms. The predicted octanol–water partition coefficient (Wildman–Crippen LogP) is 3.58. The number of carbonyl (C=O) groups excluding carboxylic acids is 1. The Hall–Kier alpha value is -4.19. The number of rotatable bonds is 5. The maximum absolute atomic E-state index is 12.9. The quantitative estimate of drug-likeness (QED) is 0.407. The second kappa shape index (κ2) is 8.73. The molecule has 184 valence electrons. The number of nitrogens with one attached hydrogen (secondary N) is 1. The van der Waals surface area contributed by atoms with Crippen molar-refractivity contribution in [1.29, 1.82) is 5.26 Å². The van der Waals surface area contributed by atoms with E-state index in [0.29, 0.717) is 30.5 Å². The first-order chi connectivity index (χ1) is 18.2. The number of amides is 1. The molecule has 2 aromatic carbocycles. The number of benzene rings is 2. The Bertz CT molecular complexity index is 1540. The summed E-state index contributed by atoms with van der Waals surface area (Å²) in [7, 11) is 0. The Kier molecular flexibility index (Phi) is 5.20. The zero-order chi connectivity index (χ0) is 24.9. The van der Waals surface area contributed by atoms with Crippen molar-refractivity contribution in [2.75, 3.05) is 31.2 Å². The average molecular weight is 491 g/mol. The summed E-state index contributed by atoms with van der Waals surface area (Å²) in [6.07, 6.45) is 6.53. The first kappa shape index (κ1) is 22.0. The van der Waals surface area contributed by atoms with Crippen LogP contribution in [0.15, 0.2) is 67.1 Å². The number of imidazole rings is 1. The van der Waals surface area contributed by atoms with Crippen LogP contribution in [0.3, 0.4) is 0 Å². The van der Waals surface area contributed by atoms with Crippen molar-refractivity contribution >= 4 is 11.6 Å². The van der Waals surface area contributed by atoms with Gasteiger partial charge in [0.05, 0.1) is 42.3 Å². The van der Waals surface area contributed by atoms with Crippen LogP contribution in [0.1, 0.15) is 17.5 Å². The average Bonchev–Trinajstić information content (AvgIpc) is 3.60. The van der Waals surface area contributed by atoms with Crippen LogP contribution in [0.25, 0.3) is 28.3 Å². The summed E-state index contributed by atoms with van der Waals surface area (Å²) in [5, 5.41) is 12.7. The molecule has 8 nitrogen and oxygen atoms in total. The summed E-state index contributed by atoms with van der Waals surface area (Å²) in [6, 6.07) is 18.7. The zero-order valence-corrected chi connectivity index (χ0v) is 20.3. The molecule has 0 unspecified atom stereocenters. The van der Waals surface area contributed by atoms with Gasteiger partial charge >= 0.3 is 0 Å². The van der Waals surface area contributed by atoms with Crippen LogP contribution >= 0.6 is 0 Å². The molecule has 5 heterocycles. The topological polar surface area (TPSA) is 88.1 Å². The molecule has 2 saturated heterocycles. The summed E-state index contributed by atoms with van der Waals surface area (Å²) in [6.45, 7) is 3.77. The highest BCUT2D eigenvalue weighted by molar-refractivity contribution is 5.96. The first-order valence-corrected chi connectivity index (χ1v) is 12.7. The fraction of sp³-hybridized carbons (Fsp3) is 0.276. The zero-order valence-electron chi connectivity index (χ0n) is 20.3. The third-order valence-corrected chi connectivity index (χ3v) is 7.63. The van der Waals surface area contributed by atoms with Crippen molar-refractivity contribution in [3.05, 3.63) is 78.2 Å². The lowest BCUT2D eigenvalue weighted by atomic mass is 10.1. The fourth-order valence-electron chi connectivity index (χ4n) is 5.55. The van der Waals surface area contributed by atoms with Crippen LogP contribution in [0, 0.1) is 17.2 Å². The Morgan fingerprint density at radius 2 is 1.97 bits per heavy atom. The van der Waals surface area contributed by atoms with Gasteiger partial charge in [0.2, 0.25) is 5.91 Å². The fourth-order valence-corrected chi connectivity index (χ4v) is 5.55. The van der Waals surface area contributed by atoms with Crippen molar-refractivity contribution < 1.29 is 9.53 Å². The van der Waals surface area contributed by atoms with E-state index < -0.39 is 0 Å². The molecule has 1 atom stereocenters. The van der Waals surface area contributed by atoms with Gasteiger partial charge in [0.1, 0.15) is 0 Å². The molecule has 0 saturated carbocycles. The minimum absolute atomic E-state index is 0.179. The van der Waals surface area contributed by atoms with Crippen molar-refractivity contribution in [2.24, 2.45) is 5.92 Å². The second-order valence-electron chi connectivity index (χ2n) is 10.1. The van der Waals surface area contributed by atoms with Crippen LogP contribution in [-0.4, -0.2) is 52.4 Å². The summed E-state index contributed by atoms with van der Waals surface area (Å²) < 4.78 is 9.59. The van der Waals surface area contributed by atoms with E-state index in [4.69, 9.17) is 10.00 Å². The third-order valence-electron chi connectivity index (χ3n) is 7.63. The van der Waals surface area contributed by atoms with Crippen LogP contribution in [-0.2, 0) is 16.1 Å². The molecule has 3 aliphatic heterocycles. The molecule has 2 aromatic heterocycles. The van der Waals surface area contributed by atoms with Gasteiger partial charge in [-0.15, -0.1) is 0 Å². The highest BCUT2D eigenvalue weighted by Gasteiger charge is 2.32. The summed E-state index contributed by atoms with van der Waals surface area (Å²) in [4.78, 5) is 19.6. The number of hydrogen-bond donors (Lipinski definition) is 1. The number of hydrogen-bond acceptors (Lipinski definition) is 5. The molecule has 0 radical (unpaired) electrons. The number of fused-ring (bicyclic) bond motifs is 5. The van der Waals surface area contributed by atoms with Crippen LogP contribution in [0.2, 0.25) is 0 Å². The SMILES string of the molecule is N#Cc1ccc(-c2cc3n(c2)Cc2cc(N4C[C@@H](CNC5COC5)CC4=O)ccc2-n2ccnc2-3)cc1. The number of ether oxygens (including phenoxy) is 1. The largest absolute Gasteiger partial charge is 0.378 e. The molecule has 0 bridgehead atoms. The predicted molar refractivity (Wildman–Crippen MR) is 139 cm³/mol. The molecule has 8 heteroatoms. The monoisotopic (exact) mass is 490 g/mol. The van der Waals surface area contributed by atoms with E-state index in [0.717, 1.165) is 65.9 Å². The van der Waals surface area contributed by atoms with Gasteiger partial charge < -0.3 is 19.5 Å². The van der Waals surface area contributed by atoms with Crippen LogP contribution in [0.5, 0.6) is 0 Å². The Morgan fingerprint density at radius 1 is 1.11 bits per heavy atom. The molecule has 7 rings (SSSR count). The van der Waals surface area contributed by atoms with E-state index >= 15 is 0 Å². The normalized spacial score (nSPS) is 18.5. The molecular formula is C29H26N6O2. The maximum Gasteiger partial charge on any atom is 0.227 e. The van der Waals surface area contributed by atoms with Crippen molar-refractivity contribution in [2.45, 2.75) is 19.0 Å². The van der Waals surface area contributed by atoms with E-state index in [1.807, 2.05) is 41.6 Å². The van der Waals surface area contributed by atoms with E-state index in [2.05, 4.69) is 56.0 Å². The molecule has 4 aromatic rings. The van der Waals surface area contributed by atoms with Crippen LogP contribution < -0.4 is 10.2 Å². The Labute approximate surface area is 214 Å². The van der Waals surface area contributed by atoms with Gasteiger partial charge in [-0.3, -0.25) is 9.36 Å². The molecule has 0 spiro atoms. The molecule has 0 aliphatic carbocycles. The van der Waals surface area contributed by atoms with Gasteiger partial charge in [0, 0.05) is 55.9 Å². The van der Waals surface area contributed by atoms with Gasteiger partial charge in [-0.2, -0.15) is 5.26 Å². The van der Waals surface area contributed by atoms with Gasteiger partial charge in [0.15, 0.2) is 5.82 Å². The number of carbonyl (C=O) groups is 1. The Balaban J connectivity index is 1.20. The minimum atomic E-state index is 0.179. The number of nitrogens with zero attached hydrogens (tertiary/aromatic N) is 5. The lowest BCUT2D eigenvalue weighted by Crippen LogP contribution is -2.47. The minimum Gasteiger partial charge on any atom is -0.378 e. The van der Waals surface area contributed by atoms with E-state index in [9.17, 15) is 4.79 Å². The molecular weight excluding hydrogens is 464 g/mol.